The molecule has 7 nitrogen and oxygen atoms in total. The zero-order chi connectivity index (χ0) is 19.3. The number of imidazole rings is 1. The van der Waals surface area contributed by atoms with E-state index in [0.29, 0.717) is 6.42 Å². The number of carbonyl (C=O) groups excluding carboxylic acids is 1. The molecule has 1 aromatic heterocycles. The van der Waals surface area contributed by atoms with Crippen molar-refractivity contribution >= 4 is 11.6 Å². The number of hydrogen-bond donors (Lipinski definition) is 1. The molecule has 2 aliphatic rings. The molecule has 7 heteroatoms. The predicted molar refractivity (Wildman–Crippen MR) is 110 cm³/mol. The molecule has 150 valence electrons. The van der Waals surface area contributed by atoms with Gasteiger partial charge in [0.25, 0.3) is 0 Å². The third kappa shape index (κ3) is 4.20. The highest BCUT2D eigenvalue weighted by Gasteiger charge is 2.30. The summed E-state index contributed by atoms with van der Waals surface area (Å²) >= 11 is 0. The van der Waals surface area contributed by atoms with Gasteiger partial charge >= 0.3 is 0 Å². The number of nitrogens with one attached hydrogen (secondary N) is 1. The number of hydrogen-bond acceptors (Lipinski definition) is 5. The second-order valence-electron chi connectivity index (χ2n) is 7.62. The average Bonchev–Trinajstić information content (AvgIpc) is 3.19. The Balaban J connectivity index is 1.29. The van der Waals surface area contributed by atoms with Crippen LogP contribution in [-0.2, 0) is 11.8 Å². The van der Waals surface area contributed by atoms with Gasteiger partial charge in [-0.3, -0.25) is 9.69 Å². The van der Waals surface area contributed by atoms with Gasteiger partial charge < -0.3 is 19.7 Å². The van der Waals surface area contributed by atoms with E-state index in [1.807, 2.05) is 22.7 Å². The van der Waals surface area contributed by atoms with Crippen LogP contribution in [0.15, 0.2) is 42.7 Å². The van der Waals surface area contributed by atoms with Gasteiger partial charge in [0.15, 0.2) is 0 Å². The molecule has 1 amide bonds. The van der Waals surface area contributed by atoms with Gasteiger partial charge in [-0.15, -0.1) is 0 Å². The summed E-state index contributed by atoms with van der Waals surface area (Å²) in [5, 5.41) is 3.40. The molecule has 2 aromatic rings. The minimum atomic E-state index is 0.0242. The summed E-state index contributed by atoms with van der Waals surface area (Å²) in [5.74, 6) is 1.19. The lowest BCUT2D eigenvalue weighted by Gasteiger charge is -2.38. The van der Waals surface area contributed by atoms with Gasteiger partial charge in [0.1, 0.15) is 11.9 Å². The average molecular weight is 383 g/mol. The van der Waals surface area contributed by atoms with E-state index in [2.05, 4.69) is 50.4 Å². The van der Waals surface area contributed by atoms with E-state index in [0.717, 1.165) is 58.2 Å². The monoisotopic (exact) mass is 382 g/mol. The van der Waals surface area contributed by atoms with Crippen LogP contribution in [0.4, 0.5) is 5.69 Å². The normalized spacial score (nSPS) is 21.1. The van der Waals surface area contributed by atoms with Crippen LogP contribution in [-0.4, -0.2) is 77.6 Å². The lowest BCUT2D eigenvalue weighted by Crippen LogP contribution is -2.51. The maximum atomic E-state index is 13.0. The largest absolute Gasteiger partial charge is 0.369 e. The van der Waals surface area contributed by atoms with Crippen molar-refractivity contribution in [2.24, 2.45) is 7.05 Å². The van der Waals surface area contributed by atoms with Crippen molar-refractivity contribution in [2.45, 2.75) is 12.5 Å². The van der Waals surface area contributed by atoms with Gasteiger partial charge in [-0.25, -0.2) is 4.98 Å². The van der Waals surface area contributed by atoms with Crippen molar-refractivity contribution in [1.82, 2.24) is 24.7 Å². The van der Waals surface area contributed by atoms with Crippen LogP contribution in [0, 0.1) is 0 Å². The van der Waals surface area contributed by atoms with Crippen LogP contribution in [0.5, 0.6) is 0 Å². The number of carbonyl (C=O) groups is 1. The van der Waals surface area contributed by atoms with E-state index in [1.165, 1.54) is 5.69 Å². The van der Waals surface area contributed by atoms with Crippen LogP contribution in [0.1, 0.15) is 18.3 Å². The summed E-state index contributed by atoms with van der Waals surface area (Å²) in [4.78, 5) is 24.3. The highest BCUT2D eigenvalue weighted by Crippen LogP contribution is 2.21. The van der Waals surface area contributed by atoms with Crippen LogP contribution in [0.3, 0.4) is 0 Å². The van der Waals surface area contributed by atoms with Crippen LogP contribution >= 0.6 is 0 Å². The number of para-hydroxylation sites is 1. The van der Waals surface area contributed by atoms with Gasteiger partial charge in [0, 0.05) is 83.9 Å². The maximum absolute atomic E-state index is 13.0. The van der Waals surface area contributed by atoms with E-state index in [4.69, 9.17) is 0 Å². The third-order valence-corrected chi connectivity index (χ3v) is 5.86. The maximum Gasteiger partial charge on any atom is 0.224 e. The molecular weight excluding hydrogens is 352 g/mol. The first kappa shape index (κ1) is 19.0. The smallest absolute Gasteiger partial charge is 0.224 e. The Kier molecular flexibility index (Phi) is 5.92. The molecule has 2 fully saturated rings. The van der Waals surface area contributed by atoms with Crippen molar-refractivity contribution in [3.8, 4) is 0 Å². The van der Waals surface area contributed by atoms with Crippen molar-refractivity contribution in [3.05, 3.63) is 48.5 Å². The summed E-state index contributed by atoms with van der Waals surface area (Å²) in [7, 11) is 1.99. The van der Waals surface area contributed by atoms with Crippen molar-refractivity contribution in [3.63, 3.8) is 0 Å². The first-order valence-electron chi connectivity index (χ1n) is 10.2. The topological polar surface area (TPSA) is 56.6 Å². The minimum Gasteiger partial charge on any atom is -0.369 e. The standard InChI is InChI=1S/C21H30N6O/c1-24-11-9-23-21(24)19-17-22-8-12-27(19)20(28)7-10-25-13-15-26(16-14-25)18-5-3-2-4-6-18/h2-6,9,11,19,22H,7-8,10,12-17H2,1H3. The minimum absolute atomic E-state index is 0.0242. The van der Waals surface area contributed by atoms with Gasteiger partial charge in [-0.2, -0.15) is 0 Å². The molecular formula is C21H30N6O. The molecule has 4 rings (SSSR count). The number of amides is 1. The number of aryl methyl sites for hydroxylation is 1. The van der Waals surface area contributed by atoms with Gasteiger partial charge in [-0.1, -0.05) is 18.2 Å². The van der Waals surface area contributed by atoms with E-state index < -0.39 is 0 Å². The summed E-state index contributed by atoms with van der Waals surface area (Å²) in [6, 6.07) is 10.6. The lowest BCUT2D eigenvalue weighted by molar-refractivity contribution is -0.135. The summed E-state index contributed by atoms with van der Waals surface area (Å²) in [5.41, 5.74) is 1.29. The van der Waals surface area contributed by atoms with E-state index in [-0.39, 0.29) is 11.9 Å². The Labute approximate surface area is 166 Å². The fraction of sp³-hybridized carbons (Fsp3) is 0.524. The molecule has 0 radical (unpaired) electrons. The Morgan fingerprint density at radius 3 is 2.64 bits per heavy atom. The fourth-order valence-corrected chi connectivity index (χ4v) is 4.20. The Hall–Kier alpha value is -2.38. The third-order valence-electron chi connectivity index (χ3n) is 5.86. The molecule has 1 atom stereocenters. The quantitative estimate of drug-likeness (QED) is 0.840. The molecule has 1 aromatic carbocycles. The van der Waals surface area contributed by atoms with Crippen molar-refractivity contribution < 1.29 is 4.79 Å². The first-order valence-corrected chi connectivity index (χ1v) is 10.2. The van der Waals surface area contributed by atoms with Gasteiger partial charge in [0.2, 0.25) is 5.91 Å². The SMILES string of the molecule is Cn1ccnc1C1CNCCN1C(=O)CCN1CCN(c2ccccc2)CC1. The number of rotatable bonds is 5. The number of anilines is 1. The van der Waals surface area contributed by atoms with Crippen LogP contribution in [0.2, 0.25) is 0 Å². The molecule has 1 unspecified atom stereocenters. The van der Waals surface area contributed by atoms with E-state index in [9.17, 15) is 4.79 Å². The Morgan fingerprint density at radius 2 is 1.93 bits per heavy atom. The summed E-state index contributed by atoms with van der Waals surface area (Å²) in [6.45, 7) is 7.24. The zero-order valence-corrected chi connectivity index (χ0v) is 16.6. The summed E-state index contributed by atoms with van der Waals surface area (Å²) in [6.07, 6.45) is 4.32. The van der Waals surface area contributed by atoms with Crippen LogP contribution in [0.25, 0.3) is 0 Å². The lowest BCUT2D eigenvalue weighted by atomic mass is 10.1. The number of aromatic nitrogens is 2. The van der Waals surface area contributed by atoms with Gasteiger partial charge in [-0.05, 0) is 12.1 Å². The zero-order valence-electron chi connectivity index (χ0n) is 16.6. The molecule has 0 bridgehead atoms. The molecule has 0 aliphatic carbocycles. The molecule has 2 aliphatic heterocycles. The van der Waals surface area contributed by atoms with E-state index in [1.54, 1.807) is 6.20 Å². The molecule has 0 spiro atoms. The number of nitrogens with zero attached hydrogens (tertiary/aromatic N) is 5. The number of piperazine rings is 2. The Bertz CT molecular complexity index is 768. The van der Waals surface area contributed by atoms with E-state index >= 15 is 0 Å². The van der Waals surface area contributed by atoms with Crippen molar-refractivity contribution in [1.29, 1.82) is 0 Å². The molecule has 3 heterocycles. The summed E-state index contributed by atoms with van der Waals surface area (Å²) < 4.78 is 2.01. The molecule has 0 saturated carbocycles. The van der Waals surface area contributed by atoms with Gasteiger partial charge in [0.05, 0.1) is 0 Å². The Morgan fingerprint density at radius 1 is 1.14 bits per heavy atom. The highest BCUT2D eigenvalue weighted by atomic mass is 16.2. The van der Waals surface area contributed by atoms with Crippen molar-refractivity contribution in [2.75, 3.05) is 57.3 Å². The second-order valence-corrected chi connectivity index (χ2v) is 7.62. The highest BCUT2D eigenvalue weighted by molar-refractivity contribution is 5.77. The first-order chi connectivity index (χ1) is 13.7. The van der Waals surface area contributed by atoms with Crippen LogP contribution < -0.4 is 10.2 Å². The second kappa shape index (κ2) is 8.75. The molecule has 2 saturated heterocycles. The number of benzene rings is 1. The fourth-order valence-electron chi connectivity index (χ4n) is 4.20. The molecule has 28 heavy (non-hydrogen) atoms. The molecule has 1 N–H and O–H groups in total. The predicted octanol–water partition coefficient (Wildman–Crippen LogP) is 1.11.